The molecule has 1 N–H and O–H groups in total. The van der Waals surface area contributed by atoms with Gasteiger partial charge in [-0.3, -0.25) is 9.80 Å². The van der Waals surface area contributed by atoms with Crippen molar-refractivity contribution in [1.82, 2.24) is 9.80 Å². The summed E-state index contributed by atoms with van der Waals surface area (Å²) in [5.41, 5.74) is 2.50. The van der Waals surface area contributed by atoms with Crippen molar-refractivity contribution < 1.29 is 9.84 Å². The summed E-state index contributed by atoms with van der Waals surface area (Å²) < 4.78 is 5.83. The smallest absolute Gasteiger partial charge is 0.119 e. The van der Waals surface area contributed by atoms with Crippen molar-refractivity contribution in [3.8, 4) is 5.75 Å². The van der Waals surface area contributed by atoms with Crippen molar-refractivity contribution in [2.75, 3.05) is 39.3 Å². The molecule has 24 heavy (non-hydrogen) atoms. The molecule has 0 atom stereocenters. The molecule has 0 spiro atoms. The van der Waals surface area contributed by atoms with Crippen LogP contribution in [0.3, 0.4) is 0 Å². The van der Waals surface area contributed by atoms with Gasteiger partial charge in [0, 0.05) is 39.3 Å². The zero-order valence-corrected chi connectivity index (χ0v) is 14.1. The number of ether oxygens (including phenoxy) is 1. The first-order valence-corrected chi connectivity index (χ1v) is 8.65. The van der Waals surface area contributed by atoms with Gasteiger partial charge in [0.15, 0.2) is 0 Å². The Kier molecular flexibility index (Phi) is 6.24. The fraction of sp³-hybridized carbons (Fsp3) is 0.400. The first-order chi connectivity index (χ1) is 11.8. The molecule has 1 aliphatic heterocycles. The summed E-state index contributed by atoms with van der Waals surface area (Å²) in [7, 11) is 0. The average Bonchev–Trinajstić information content (AvgIpc) is 2.64. The topological polar surface area (TPSA) is 35.9 Å². The fourth-order valence-electron chi connectivity index (χ4n) is 3.00. The molecule has 128 valence electrons. The van der Waals surface area contributed by atoms with Gasteiger partial charge in [-0.15, -0.1) is 0 Å². The Hall–Kier alpha value is -1.88. The molecule has 0 aromatic heterocycles. The Labute approximate surface area is 144 Å². The van der Waals surface area contributed by atoms with Crippen molar-refractivity contribution in [2.24, 2.45) is 0 Å². The molecule has 3 rings (SSSR count). The van der Waals surface area contributed by atoms with Crippen LogP contribution in [0.25, 0.3) is 0 Å². The average molecular weight is 326 g/mol. The molecule has 1 aliphatic rings. The molecule has 2 aromatic carbocycles. The van der Waals surface area contributed by atoms with Crippen LogP contribution in [0.5, 0.6) is 5.75 Å². The molecule has 0 aliphatic carbocycles. The summed E-state index contributed by atoms with van der Waals surface area (Å²) >= 11 is 0. The van der Waals surface area contributed by atoms with E-state index in [1.807, 2.05) is 18.2 Å². The van der Waals surface area contributed by atoms with E-state index in [4.69, 9.17) is 9.84 Å². The van der Waals surface area contributed by atoms with Crippen molar-refractivity contribution in [3.63, 3.8) is 0 Å². The molecule has 0 radical (unpaired) electrons. The highest BCUT2D eigenvalue weighted by molar-refractivity contribution is 5.27. The van der Waals surface area contributed by atoms with Gasteiger partial charge in [-0.2, -0.15) is 0 Å². The number of β-amino-alcohol motifs (C(OH)–C–C–N with tert-alkyl or cyclic N) is 1. The zero-order valence-electron chi connectivity index (χ0n) is 14.1. The summed E-state index contributed by atoms with van der Waals surface area (Å²) in [6, 6.07) is 18.6. The third-order valence-corrected chi connectivity index (χ3v) is 4.46. The first-order valence-electron chi connectivity index (χ1n) is 8.65. The molecule has 0 unspecified atom stereocenters. The number of hydrogen-bond donors (Lipinski definition) is 1. The minimum absolute atomic E-state index is 0.254. The van der Waals surface area contributed by atoms with E-state index in [2.05, 4.69) is 46.2 Å². The molecular weight excluding hydrogens is 300 g/mol. The number of aliphatic hydroxyl groups excluding tert-OH is 1. The number of hydrogen-bond acceptors (Lipinski definition) is 4. The Morgan fingerprint density at radius 3 is 2.12 bits per heavy atom. The Morgan fingerprint density at radius 1 is 0.792 bits per heavy atom. The van der Waals surface area contributed by atoms with Gasteiger partial charge in [-0.05, 0) is 23.3 Å². The summed E-state index contributed by atoms with van der Waals surface area (Å²) in [4.78, 5) is 4.78. The molecular formula is C20H26N2O2. The lowest BCUT2D eigenvalue weighted by atomic mass is 10.2. The second-order valence-electron chi connectivity index (χ2n) is 6.26. The largest absolute Gasteiger partial charge is 0.489 e. The lowest BCUT2D eigenvalue weighted by Gasteiger charge is -2.34. The molecule has 1 heterocycles. The van der Waals surface area contributed by atoms with Crippen molar-refractivity contribution in [1.29, 1.82) is 0 Å². The van der Waals surface area contributed by atoms with E-state index in [9.17, 15) is 0 Å². The summed E-state index contributed by atoms with van der Waals surface area (Å²) in [5, 5.41) is 8.99. The molecule has 4 nitrogen and oxygen atoms in total. The highest BCUT2D eigenvalue weighted by Gasteiger charge is 2.16. The molecule has 0 amide bonds. The molecule has 4 heteroatoms. The van der Waals surface area contributed by atoms with E-state index in [1.165, 1.54) is 11.1 Å². The van der Waals surface area contributed by atoms with Crippen LogP contribution >= 0.6 is 0 Å². The second-order valence-corrected chi connectivity index (χ2v) is 6.26. The maximum absolute atomic E-state index is 8.99. The van der Waals surface area contributed by atoms with Crippen LogP contribution in [0, 0.1) is 0 Å². The lowest BCUT2D eigenvalue weighted by molar-refractivity contribution is 0.108. The summed E-state index contributed by atoms with van der Waals surface area (Å²) in [6.45, 7) is 6.83. The Balaban J connectivity index is 1.45. The van der Waals surface area contributed by atoms with Crippen LogP contribution in [0.2, 0.25) is 0 Å². The zero-order chi connectivity index (χ0) is 16.6. The van der Waals surface area contributed by atoms with Crippen LogP contribution in [0.4, 0.5) is 0 Å². The van der Waals surface area contributed by atoms with Gasteiger partial charge in [0.2, 0.25) is 0 Å². The van der Waals surface area contributed by atoms with E-state index < -0.39 is 0 Å². The number of rotatable bonds is 7. The van der Waals surface area contributed by atoms with Crippen LogP contribution in [-0.2, 0) is 13.2 Å². The SMILES string of the molecule is OCCN1CCN(Cc2ccc(OCc3ccccc3)cc2)CC1. The van der Waals surface area contributed by atoms with Crippen LogP contribution < -0.4 is 4.74 Å². The van der Waals surface area contributed by atoms with E-state index in [0.29, 0.717) is 6.61 Å². The normalized spacial score (nSPS) is 16.2. The number of benzene rings is 2. The molecule has 1 saturated heterocycles. The van der Waals surface area contributed by atoms with E-state index in [0.717, 1.165) is 45.0 Å². The van der Waals surface area contributed by atoms with Crippen molar-refractivity contribution >= 4 is 0 Å². The van der Waals surface area contributed by atoms with E-state index >= 15 is 0 Å². The number of nitrogens with zero attached hydrogens (tertiary/aromatic N) is 2. The second kappa shape index (κ2) is 8.83. The van der Waals surface area contributed by atoms with Gasteiger partial charge >= 0.3 is 0 Å². The number of piperazine rings is 1. The molecule has 0 bridgehead atoms. The fourth-order valence-corrected chi connectivity index (χ4v) is 3.00. The van der Waals surface area contributed by atoms with Crippen LogP contribution in [-0.4, -0.2) is 54.2 Å². The predicted molar refractivity (Wildman–Crippen MR) is 96.0 cm³/mol. The maximum atomic E-state index is 8.99. The first kappa shape index (κ1) is 17.0. The standard InChI is InChI=1S/C20H26N2O2/c23-15-14-21-10-12-22(13-11-21)16-18-6-8-20(9-7-18)24-17-19-4-2-1-3-5-19/h1-9,23H,10-17H2. The minimum atomic E-state index is 0.254. The van der Waals surface area contributed by atoms with Gasteiger partial charge in [-0.25, -0.2) is 0 Å². The minimum Gasteiger partial charge on any atom is -0.489 e. The van der Waals surface area contributed by atoms with Gasteiger partial charge in [0.05, 0.1) is 6.61 Å². The predicted octanol–water partition coefficient (Wildman–Crippen LogP) is 2.38. The highest BCUT2D eigenvalue weighted by Crippen LogP contribution is 2.16. The summed E-state index contributed by atoms with van der Waals surface area (Å²) in [5.74, 6) is 0.912. The van der Waals surface area contributed by atoms with Crippen molar-refractivity contribution in [3.05, 3.63) is 65.7 Å². The van der Waals surface area contributed by atoms with Crippen LogP contribution in [0.1, 0.15) is 11.1 Å². The molecule has 1 fully saturated rings. The van der Waals surface area contributed by atoms with Gasteiger partial charge in [-0.1, -0.05) is 42.5 Å². The van der Waals surface area contributed by atoms with E-state index in [1.54, 1.807) is 0 Å². The van der Waals surface area contributed by atoms with Gasteiger partial charge in [0.25, 0.3) is 0 Å². The van der Waals surface area contributed by atoms with E-state index in [-0.39, 0.29) is 6.61 Å². The third-order valence-electron chi connectivity index (χ3n) is 4.46. The van der Waals surface area contributed by atoms with Gasteiger partial charge in [0.1, 0.15) is 12.4 Å². The molecule has 0 saturated carbocycles. The van der Waals surface area contributed by atoms with Crippen LogP contribution in [0.15, 0.2) is 54.6 Å². The van der Waals surface area contributed by atoms with Crippen molar-refractivity contribution in [2.45, 2.75) is 13.2 Å². The van der Waals surface area contributed by atoms with Gasteiger partial charge < -0.3 is 9.84 Å². The highest BCUT2D eigenvalue weighted by atomic mass is 16.5. The Morgan fingerprint density at radius 2 is 1.46 bits per heavy atom. The monoisotopic (exact) mass is 326 g/mol. The maximum Gasteiger partial charge on any atom is 0.119 e. The third kappa shape index (κ3) is 5.06. The Bertz CT molecular complexity index is 593. The molecule has 2 aromatic rings. The summed E-state index contributed by atoms with van der Waals surface area (Å²) in [6.07, 6.45) is 0. The number of aliphatic hydroxyl groups is 1. The quantitative estimate of drug-likeness (QED) is 0.847. The lowest BCUT2D eigenvalue weighted by Crippen LogP contribution is -2.46.